The second kappa shape index (κ2) is 13.6. The molecule has 3 atom stereocenters. The van der Waals surface area contributed by atoms with Gasteiger partial charge in [-0.2, -0.15) is 0 Å². The van der Waals surface area contributed by atoms with Crippen molar-refractivity contribution in [2.24, 2.45) is 5.92 Å². The number of benzene rings is 3. The summed E-state index contributed by atoms with van der Waals surface area (Å²) in [6, 6.07) is 19.3. The number of anilines is 1. The van der Waals surface area contributed by atoms with E-state index in [2.05, 4.69) is 16.6 Å². The number of ether oxygens (including phenoxy) is 2. The Morgan fingerprint density at radius 3 is 2.21 bits per heavy atom. The van der Waals surface area contributed by atoms with Crippen LogP contribution in [-0.2, 0) is 29.1 Å². The zero-order valence-corrected chi connectivity index (χ0v) is 24.7. The fourth-order valence-electron chi connectivity index (χ4n) is 4.92. The maximum atomic E-state index is 13.6. The van der Waals surface area contributed by atoms with Crippen LogP contribution in [0.2, 0.25) is 0 Å². The number of halogens is 1. The smallest absolute Gasteiger partial charge is 0.308 e. The summed E-state index contributed by atoms with van der Waals surface area (Å²) in [5.41, 5.74) is 2.74. The van der Waals surface area contributed by atoms with Crippen LogP contribution in [0.3, 0.4) is 0 Å². The van der Waals surface area contributed by atoms with Crippen molar-refractivity contribution in [3.05, 3.63) is 95.3 Å². The quantitative estimate of drug-likeness (QED) is 0.157. The van der Waals surface area contributed by atoms with Crippen LogP contribution >= 0.6 is 0 Å². The zero-order chi connectivity index (χ0) is 31.1. The molecule has 9 nitrogen and oxygen atoms in total. The predicted octanol–water partition coefficient (Wildman–Crippen LogP) is 4.44. The minimum Gasteiger partial charge on any atom is -0.458 e. The number of carbonyl (C=O) groups excluding carboxylic acids is 3. The van der Waals surface area contributed by atoms with E-state index in [1.807, 2.05) is 0 Å². The van der Waals surface area contributed by atoms with Gasteiger partial charge < -0.3 is 14.4 Å². The number of rotatable bonds is 10. The number of nitrogens with zero attached hydrogens (tertiary/aromatic N) is 1. The SMILES string of the molecule is CC(=O)Oc1ccc(C2[C@@H](CCC(OC(C)=O)c3ccc(F)cc3)C(=O)N2c2ccc(C#CCNS(C)(=O)=O)cc2)cc1. The number of amides is 1. The average molecular weight is 607 g/mol. The molecule has 0 aromatic heterocycles. The van der Waals surface area contributed by atoms with Gasteiger partial charge in [-0.3, -0.25) is 14.4 Å². The van der Waals surface area contributed by atoms with Crippen LogP contribution in [0.4, 0.5) is 10.1 Å². The van der Waals surface area contributed by atoms with Crippen molar-refractivity contribution >= 4 is 33.6 Å². The molecule has 0 bridgehead atoms. The highest BCUT2D eigenvalue weighted by molar-refractivity contribution is 7.88. The van der Waals surface area contributed by atoms with Gasteiger partial charge in [-0.1, -0.05) is 36.1 Å². The van der Waals surface area contributed by atoms with Gasteiger partial charge in [0.25, 0.3) is 0 Å². The van der Waals surface area contributed by atoms with Crippen LogP contribution in [0, 0.1) is 23.6 Å². The highest BCUT2D eigenvalue weighted by Crippen LogP contribution is 2.46. The molecular formula is C32H31FN2O7S. The summed E-state index contributed by atoms with van der Waals surface area (Å²) in [6.45, 7) is 2.59. The third kappa shape index (κ3) is 8.50. The average Bonchev–Trinajstić information content (AvgIpc) is 2.94. The Bertz CT molecular complexity index is 1640. The largest absolute Gasteiger partial charge is 0.458 e. The molecule has 1 saturated heterocycles. The van der Waals surface area contributed by atoms with Crippen molar-refractivity contribution < 1.29 is 36.7 Å². The van der Waals surface area contributed by atoms with Crippen LogP contribution < -0.4 is 14.4 Å². The predicted molar refractivity (Wildman–Crippen MR) is 158 cm³/mol. The Hall–Kier alpha value is -4.53. The minimum absolute atomic E-state index is 0.0233. The van der Waals surface area contributed by atoms with Crippen molar-refractivity contribution in [1.82, 2.24) is 4.72 Å². The van der Waals surface area contributed by atoms with Gasteiger partial charge in [-0.25, -0.2) is 17.5 Å². The molecule has 3 aromatic rings. The Morgan fingerprint density at radius 2 is 1.63 bits per heavy atom. The number of nitrogens with one attached hydrogen (secondary N) is 1. The molecule has 0 saturated carbocycles. The lowest BCUT2D eigenvalue weighted by Crippen LogP contribution is -2.55. The maximum absolute atomic E-state index is 13.6. The van der Waals surface area contributed by atoms with Crippen molar-refractivity contribution in [2.75, 3.05) is 17.7 Å². The molecule has 224 valence electrons. The summed E-state index contributed by atoms with van der Waals surface area (Å²) in [6.07, 6.45) is 1.13. The van der Waals surface area contributed by atoms with Gasteiger partial charge in [0.2, 0.25) is 15.9 Å². The number of carbonyl (C=O) groups is 3. The van der Waals surface area contributed by atoms with Crippen molar-refractivity contribution in [3.63, 3.8) is 0 Å². The Labute approximate surface area is 250 Å². The zero-order valence-electron chi connectivity index (χ0n) is 23.9. The lowest BCUT2D eigenvalue weighted by molar-refractivity contribution is -0.147. The summed E-state index contributed by atoms with van der Waals surface area (Å²) in [5.74, 6) is 4.11. The van der Waals surface area contributed by atoms with Crippen LogP contribution in [0.15, 0.2) is 72.8 Å². The molecule has 3 aromatic carbocycles. The Kier molecular flexibility index (Phi) is 9.95. The van der Waals surface area contributed by atoms with Crippen LogP contribution in [0.25, 0.3) is 0 Å². The molecule has 1 heterocycles. The molecule has 1 N–H and O–H groups in total. The van der Waals surface area contributed by atoms with E-state index in [4.69, 9.17) is 9.47 Å². The maximum Gasteiger partial charge on any atom is 0.308 e. The molecule has 1 amide bonds. The van der Waals surface area contributed by atoms with Crippen LogP contribution in [-0.4, -0.2) is 39.1 Å². The van der Waals surface area contributed by atoms with Crippen molar-refractivity contribution in [1.29, 1.82) is 0 Å². The normalized spacial score (nSPS) is 16.8. The van der Waals surface area contributed by atoms with Crippen molar-refractivity contribution in [3.8, 4) is 17.6 Å². The Balaban J connectivity index is 1.57. The second-order valence-corrected chi connectivity index (χ2v) is 11.9. The van der Waals surface area contributed by atoms with E-state index >= 15 is 0 Å². The summed E-state index contributed by atoms with van der Waals surface area (Å²) < 4.78 is 48.9. The first-order chi connectivity index (χ1) is 20.4. The number of esters is 2. The van der Waals surface area contributed by atoms with E-state index in [0.29, 0.717) is 35.4 Å². The molecule has 0 aliphatic carbocycles. The van der Waals surface area contributed by atoms with Crippen molar-refractivity contribution in [2.45, 2.75) is 38.8 Å². The van der Waals surface area contributed by atoms with Gasteiger partial charge in [0, 0.05) is 25.1 Å². The third-order valence-electron chi connectivity index (χ3n) is 6.79. The van der Waals surface area contributed by atoms with E-state index < -0.39 is 39.8 Å². The standard InChI is InChI=1S/C32H31FN2O7S/c1-21(36)41-28-16-10-25(11-17-28)31-29(18-19-30(42-22(2)37)24-8-12-26(33)13-9-24)32(38)35(31)27-14-6-23(7-15-27)5-4-20-34-43(3,39)40/h6-17,29-31,34H,18-20H2,1-3H3/t29-,30?,31?/m1/s1. The fraction of sp³-hybridized carbons (Fsp3) is 0.281. The van der Waals surface area contributed by atoms with Gasteiger partial charge >= 0.3 is 11.9 Å². The summed E-state index contributed by atoms with van der Waals surface area (Å²) in [4.78, 5) is 38.4. The number of hydrogen-bond acceptors (Lipinski definition) is 7. The first-order valence-corrected chi connectivity index (χ1v) is 15.4. The first-order valence-electron chi connectivity index (χ1n) is 13.5. The Morgan fingerprint density at radius 1 is 0.977 bits per heavy atom. The highest BCUT2D eigenvalue weighted by atomic mass is 32.2. The number of hydrogen-bond donors (Lipinski definition) is 1. The molecule has 4 rings (SSSR count). The summed E-state index contributed by atoms with van der Waals surface area (Å²) in [7, 11) is -3.34. The molecule has 0 radical (unpaired) electrons. The molecule has 1 aliphatic heterocycles. The molecule has 2 unspecified atom stereocenters. The van der Waals surface area contributed by atoms with Gasteiger partial charge in [0.1, 0.15) is 17.7 Å². The van der Waals surface area contributed by atoms with Gasteiger partial charge in [0.05, 0.1) is 24.8 Å². The molecule has 43 heavy (non-hydrogen) atoms. The van der Waals surface area contributed by atoms with E-state index in [9.17, 15) is 27.2 Å². The van der Waals surface area contributed by atoms with Gasteiger partial charge in [-0.05, 0) is 72.5 Å². The van der Waals surface area contributed by atoms with Crippen LogP contribution in [0.5, 0.6) is 5.75 Å². The van der Waals surface area contributed by atoms with Crippen LogP contribution in [0.1, 0.15) is 55.5 Å². The fourth-order valence-corrected chi connectivity index (χ4v) is 5.25. The number of β-lactam (4-membered cyclic amide) rings is 1. The first kappa shape index (κ1) is 31.4. The van der Waals surface area contributed by atoms with Gasteiger partial charge in [0.15, 0.2) is 0 Å². The molecule has 11 heteroatoms. The van der Waals surface area contributed by atoms with E-state index in [0.717, 1.165) is 11.8 Å². The molecule has 1 fully saturated rings. The third-order valence-corrected chi connectivity index (χ3v) is 7.46. The lowest BCUT2D eigenvalue weighted by atomic mass is 9.78. The molecule has 0 spiro atoms. The topological polar surface area (TPSA) is 119 Å². The summed E-state index contributed by atoms with van der Waals surface area (Å²) >= 11 is 0. The monoisotopic (exact) mass is 606 g/mol. The van der Waals surface area contributed by atoms with E-state index in [1.54, 1.807) is 65.6 Å². The lowest BCUT2D eigenvalue weighted by Gasteiger charge is -2.48. The number of sulfonamides is 1. The molecular weight excluding hydrogens is 575 g/mol. The minimum atomic E-state index is -3.34. The summed E-state index contributed by atoms with van der Waals surface area (Å²) in [5, 5.41) is 0. The molecule has 1 aliphatic rings. The highest BCUT2D eigenvalue weighted by Gasteiger charge is 2.48. The van der Waals surface area contributed by atoms with Gasteiger partial charge in [-0.15, -0.1) is 0 Å². The van der Waals surface area contributed by atoms with E-state index in [1.165, 1.54) is 26.0 Å². The van der Waals surface area contributed by atoms with E-state index in [-0.39, 0.29) is 18.5 Å². The second-order valence-electron chi connectivity index (χ2n) is 10.1.